The lowest BCUT2D eigenvalue weighted by molar-refractivity contribution is 0.249. The van der Waals surface area contributed by atoms with Crippen LogP contribution in [0.5, 0.6) is 0 Å². The summed E-state index contributed by atoms with van der Waals surface area (Å²) in [6, 6.07) is 0.305. The molecule has 3 aliphatic rings. The Morgan fingerprint density at radius 3 is 2.71 bits per heavy atom. The molecule has 0 aromatic carbocycles. The summed E-state index contributed by atoms with van der Waals surface area (Å²) >= 11 is 0. The van der Waals surface area contributed by atoms with Gasteiger partial charge in [0.2, 0.25) is 0 Å². The highest BCUT2D eigenvalue weighted by atomic mass is 15.2. The Balaban J connectivity index is 1.84. The number of hydrogen-bond acceptors (Lipinski definition) is 2. The maximum absolute atomic E-state index is 4.30. The first-order chi connectivity index (χ1) is 11.5. The Morgan fingerprint density at radius 2 is 2.00 bits per heavy atom. The average molecular weight is 322 g/mol. The third-order valence-electron chi connectivity index (χ3n) is 4.98. The van der Waals surface area contributed by atoms with Crippen LogP contribution in [-0.4, -0.2) is 36.0 Å². The van der Waals surface area contributed by atoms with E-state index >= 15 is 0 Å². The molecule has 0 aromatic rings. The Bertz CT molecular complexity index is 641. The van der Waals surface area contributed by atoms with Gasteiger partial charge in [-0.25, -0.2) is 0 Å². The number of nitrogens with zero attached hydrogens (tertiary/aromatic N) is 2. The van der Waals surface area contributed by atoms with Gasteiger partial charge in [0.15, 0.2) is 0 Å². The van der Waals surface area contributed by atoms with Gasteiger partial charge in [-0.15, -0.1) is 0 Å². The van der Waals surface area contributed by atoms with Crippen LogP contribution in [-0.2, 0) is 0 Å². The van der Waals surface area contributed by atoms with Gasteiger partial charge in [0.25, 0.3) is 0 Å². The summed E-state index contributed by atoms with van der Waals surface area (Å²) in [5, 5.41) is 0. The molecule has 1 heterocycles. The van der Waals surface area contributed by atoms with Crippen molar-refractivity contribution in [3.05, 3.63) is 71.7 Å². The van der Waals surface area contributed by atoms with E-state index in [1.165, 1.54) is 36.1 Å². The van der Waals surface area contributed by atoms with Crippen molar-refractivity contribution >= 4 is 0 Å². The molecule has 0 radical (unpaired) electrons. The molecule has 24 heavy (non-hydrogen) atoms. The van der Waals surface area contributed by atoms with E-state index in [0.717, 1.165) is 24.6 Å². The highest BCUT2D eigenvalue weighted by molar-refractivity contribution is 5.40. The summed E-state index contributed by atoms with van der Waals surface area (Å²) < 4.78 is 0. The van der Waals surface area contributed by atoms with Crippen LogP contribution in [0, 0.1) is 5.92 Å². The largest absolute Gasteiger partial charge is 0.340 e. The molecule has 0 aromatic heterocycles. The number of allylic oxidation sites excluding steroid dienone is 7. The van der Waals surface area contributed by atoms with Crippen molar-refractivity contribution in [1.82, 2.24) is 9.80 Å². The zero-order valence-corrected chi connectivity index (χ0v) is 15.3. The lowest BCUT2D eigenvalue weighted by Gasteiger charge is -2.36. The van der Waals surface area contributed by atoms with Gasteiger partial charge in [-0.1, -0.05) is 36.5 Å². The van der Waals surface area contributed by atoms with Crippen molar-refractivity contribution in [3.63, 3.8) is 0 Å². The minimum atomic E-state index is 0.305. The second-order valence-corrected chi connectivity index (χ2v) is 7.51. The van der Waals surface area contributed by atoms with E-state index in [4.69, 9.17) is 0 Å². The molecule has 0 spiro atoms. The fourth-order valence-corrected chi connectivity index (χ4v) is 3.48. The van der Waals surface area contributed by atoms with Crippen LogP contribution in [0.15, 0.2) is 71.7 Å². The quantitative estimate of drug-likeness (QED) is 0.692. The molecule has 0 N–H and O–H groups in total. The number of likely N-dealkylation sites (N-methyl/N-ethyl adjacent to an activating group) is 1. The van der Waals surface area contributed by atoms with Crippen LogP contribution in [0.1, 0.15) is 33.1 Å². The van der Waals surface area contributed by atoms with E-state index in [9.17, 15) is 0 Å². The Morgan fingerprint density at radius 1 is 1.21 bits per heavy atom. The van der Waals surface area contributed by atoms with Crippen molar-refractivity contribution in [1.29, 1.82) is 0 Å². The smallest absolute Gasteiger partial charge is 0.0712 e. The van der Waals surface area contributed by atoms with E-state index < -0.39 is 0 Å². The Kier molecular flexibility index (Phi) is 5.25. The maximum atomic E-state index is 4.30. The third kappa shape index (κ3) is 4.39. The standard InChI is InChI=1S/C22H30N2/c1-17-7-5-6-8-21(14-17)22(16-23(4)15-20-9-10-20)24-12-11-18(2)13-19(24)3/h6-8,11-14,20,22H,3,5,9-10,15-16H2,1-2,4H3. The lowest BCUT2D eigenvalue weighted by Crippen LogP contribution is -2.41. The fraction of sp³-hybridized carbons (Fsp3) is 0.455. The van der Waals surface area contributed by atoms with Crippen molar-refractivity contribution in [2.24, 2.45) is 5.92 Å². The van der Waals surface area contributed by atoms with Crippen LogP contribution >= 0.6 is 0 Å². The van der Waals surface area contributed by atoms with Crippen LogP contribution in [0.3, 0.4) is 0 Å². The molecule has 2 nitrogen and oxygen atoms in total. The van der Waals surface area contributed by atoms with E-state index in [0.29, 0.717) is 6.04 Å². The van der Waals surface area contributed by atoms with Gasteiger partial charge in [0, 0.05) is 25.0 Å². The van der Waals surface area contributed by atoms with Crippen LogP contribution in [0.25, 0.3) is 0 Å². The SMILES string of the molecule is C=C1C=C(C)C=CN1C(CN(C)CC1CC1)C1=CC(C)=CCC=C1. The Hall–Kier alpha value is -1.80. The van der Waals surface area contributed by atoms with Crippen molar-refractivity contribution < 1.29 is 0 Å². The third-order valence-corrected chi connectivity index (χ3v) is 4.98. The minimum Gasteiger partial charge on any atom is -0.340 e. The summed E-state index contributed by atoms with van der Waals surface area (Å²) in [6.45, 7) is 10.9. The molecule has 3 rings (SSSR count). The molecule has 1 unspecified atom stereocenters. The van der Waals surface area contributed by atoms with E-state index in [1.54, 1.807) is 0 Å². The molecule has 0 amide bonds. The zero-order valence-electron chi connectivity index (χ0n) is 15.3. The van der Waals surface area contributed by atoms with Crippen LogP contribution < -0.4 is 0 Å². The molecule has 128 valence electrons. The predicted molar refractivity (Wildman–Crippen MR) is 103 cm³/mol. The zero-order chi connectivity index (χ0) is 17.1. The van der Waals surface area contributed by atoms with Gasteiger partial charge < -0.3 is 9.80 Å². The highest BCUT2D eigenvalue weighted by Crippen LogP contribution is 2.31. The maximum Gasteiger partial charge on any atom is 0.0712 e. The average Bonchev–Trinajstić information content (AvgIpc) is 3.33. The summed E-state index contributed by atoms with van der Waals surface area (Å²) in [4.78, 5) is 4.83. The van der Waals surface area contributed by atoms with Gasteiger partial charge in [-0.3, -0.25) is 0 Å². The van der Waals surface area contributed by atoms with E-state index in [-0.39, 0.29) is 0 Å². The molecule has 2 aliphatic carbocycles. The van der Waals surface area contributed by atoms with Gasteiger partial charge in [-0.2, -0.15) is 0 Å². The molecule has 1 fully saturated rings. The molecule has 0 saturated heterocycles. The summed E-state index contributed by atoms with van der Waals surface area (Å²) in [5.41, 5.74) is 5.08. The molecule has 1 atom stereocenters. The molecule has 2 heteroatoms. The molecule has 1 aliphatic heterocycles. The van der Waals surface area contributed by atoms with Gasteiger partial charge in [-0.05, 0) is 69.4 Å². The highest BCUT2D eigenvalue weighted by Gasteiger charge is 2.27. The van der Waals surface area contributed by atoms with Gasteiger partial charge in [0.05, 0.1) is 6.04 Å². The fourth-order valence-electron chi connectivity index (χ4n) is 3.48. The minimum absolute atomic E-state index is 0.305. The molecular formula is C22H30N2. The monoisotopic (exact) mass is 322 g/mol. The van der Waals surface area contributed by atoms with Gasteiger partial charge >= 0.3 is 0 Å². The molecule has 0 bridgehead atoms. The van der Waals surface area contributed by atoms with E-state index in [2.05, 4.69) is 79.9 Å². The molecular weight excluding hydrogens is 292 g/mol. The van der Waals surface area contributed by atoms with Crippen LogP contribution in [0.2, 0.25) is 0 Å². The summed E-state index contributed by atoms with van der Waals surface area (Å²) in [5.74, 6) is 0.915. The first-order valence-electron chi connectivity index (χ1n) is 9.10. The predicted octanol–water partition coefficient (Wildman–Crippen LogP) is 4.82. The van der Waals surface area contributed by atoms with Gasteiger partial charge in [0.1, 0.15) is 0 Å². The lowest BCUT2D eigenvalue weighted by atomic mass is 10.00. The van der Waals surface area contributed by atoms with Crippen molar-refractivity contribution in [2.45, 2.75) is 39.2 Å². The second kappa shape index (κ2) is 7.40. The summed E-state index contributed by atoms with van der Waals surface area (Å²) in [6.07, 6.45) is 19.6. The molecule has 1 saturated carbocycles. The number of rotatable bonds is 6. The summed E-state index contributed by atoms with van der Waals surface area (Å²) in [7, 11) is 2.26. The first kappa shape index (κ1) is 17.0. The van der Waals surface area contributed by atoms with E-state index in [1.807, 2.05) is 0 Å². The first-order valence-corrected chi connectivity index (χ1v) is 9.10. The topological polar surface area (TPSA) is 6.48 Å². The normalized spacial score (nSPS) is 22.2. The Labute approximate surface area is 147 Å². The van der Waals surface area contributed by atoms with Crippen molar-refractivity contribution in [3.8, 4) is 0 Å². The number of hydrogen-bond donors (Lipinski definition) is 0. The van der Waals surface area contributed by atoms with Crippen LogP contribution in [0.4, 0.5) is 0 Å². The second-order valence-electron chi connectivity index (χ2n) is 7.51. The van der Waals surface area contributed by atoms with Crippen molar-refractivity contribution in [2.75, 3.05) is 20.1 Å².